The summed E-state index contributed by atoms with van der Waals surface area (Å²) < 4.78 is 4.72. The normalized spacial score (nSPS) is 20.8. The van der Waals surface area contributed by atoms with Crippen LogP contribution in [0.1, 0.15) is 0 Å². The van der Waals surface area contributed by atoms with E-state index in [9.17, 15) is 0 Å². The number of hydrogen-bond donors (Lipinski definition) is 0. The second kappa shape index (κ2) is 2.68. The lowest BCUT2D eigenvalue weighted by molar-refractivity contribution is 3.96. The first-order chi connectivity index (χ1) is 2.50. The Morgan fingerprint density at radius 1 is 1.20 bits per heavy atom. The van der Waals surface area contributed by atoms with Crippen molar-refractivity contribution in [2.45, 2.75) is 0 Å². The first kappa shape index (κ1) is 4.70. The quantitative estimate of drug-likeness (QED) is 0.618. The SMILES string of the molecule is C1=ISI=C1. The maximum absolute atomic E-state index is 2.36. The van der Waals surface area contributed by atoms with Gasteiger partial charge < -0.3 is 0 Å². The average molecular weight is 312 g/mol. The Kier molecular flexibility index (Phi) is 2.52. The highest BCUT2D eigenvalue weighted by atomic mass is 127. The second-order valence-electron chi connectivity index (χ2n) is 0.488. The molecule has 0 amide bonds. The minimum absolute atomic E-state index is 0.527. The van der Waals surface area contributed by atoms with E-state index in [0.29, 0.717) is 38.7 Å². The van der Waals surface area contributed by atoms with Gasteiger partial charge in [0, 0.05) is 0 Å². The summed E-state index contributed by atoms with van der Waals surface area (Å²) in [5.41, 5.74) is 0. The fourth-order valence-electron chi connectivity index (χ4n) is 0.0972. The molecule has 1 rings (SSSR count). The molecule has 0 atom stereocenters. The van der Waals surface area contributed by atoms with Crippen LogP contribution in [0, 0.1) is 0 Å². The van der Waals surface area contributed by atoms with Crippen LogP contribution in [-0.4, -0.2) is 8.02 Å². The molecule has 0 aromatic carbocycles. The highest BCUT2D eigenvalue weighted by Crippen LogP contribution is 2.36. The van der Waals surface area contributed by atoms with Crippen LogP contribution in [0.5, 0.6) is 0 Å². The molecule has 0 radical (unpaired) electrons. The molecule has 0 N–H and O–H groups in total. The molecule has 0 fully saturated rings. The molecule has 0 saturated heterocycles. The Morgan fingerprint density at radius 2 is 1.80 bits per heavy atom. The summed E-state index contributed by atoms with van der Waals surface area (Å²) in [6.07, 6.45) is 2.18. The Hall–Kier alpha value is 1.55. The molecule has 0 nitrogen and oxygen atoms in total. The minimum Gasteiger partial charge on any atom is -0.0398 e. The first-order valence-corrected chi connectivity index (χ1v) is 9.47. The minimum atomic E-state index is 0.527. The van der Waals surface area contributed by atoms with E-state index in [1.807, 2.05) is 0 Å². The van der Waals surface area contributed by atoms with Crippen molar-refractivity contribution in [1.29, 1.82) is 0 Å². The van der Waals surface area contributed by atoms with Crippen molar-refractivity contribution in [3.63, 3.8) is 0 Å². The topological polar surface area (TPSA) is 0 Å². The summed E-state index contributed by atoms with van der Waals surface area (Å²) in [5, 5.41) is 0. The van der Waals surface area contributed by atoms with Gasteiger partial charge in [0.2, 0.25) is 0 Å². The molecule has 3 heteroatoms. The molecule has 0 aromatic heterocycles. The molecular formula is C2H2I2S. The highest BCUT2D eigenvalue weighted by Gasteiger charge is 1.75. The smallest absolute Gasteiger partial charge is 0.0158 e. The van der Waals surface area contributed by atoms with Crippen LogP contribution in [0.3, 0.4) is 0 Å². The molecule has 30 valence electrons. The third-order valence-corrected chi connectivity index (χ3v) is 13.3. The molecule has 1 aliphatic rings. The van der Waals surface area contributed by atoms with E-state index < -0.39 is 0 Å². The summed E-state index contributed by atoms with van der Waals surface area (Å²) in [5.74, 6) is 0. The van der Waals surface area contributed by atoms with Gasteiger partial charge in [-0.1, -0.05) is 0 Å². The standard InChI is InChI=1S/C2H2I2S/c1-2-4-5-3-1/h1-2H. The van der Waals surface area contributed by atoms with E-state index in [1.165, 1.54) is 0 Å². The van der Waals surface area contributed by atoms with Gasteiger partial charge in [0.15, 0.2) is 0 Å². The van der Waals surface area contributed by atoms with Crippen LogP contribution in [-0.2, 0) is 0 Å². The maximum atomic E-state index is 2.36. The van der Waals surface area contributed by atoms with Crippen molar-refractivity contribution in [2.75, 3.05) is 0 Å². The lowest BCUT2D eigenvalue weighted by atomic mass is 11.0. The van der Waals surface area contributed by atoms with Gasteiger partial charge in [-0.25, -0.2) is 0 Å². The lowest BCUT2D eigenvalue weighted by Crippen LogP contribution is -1.49. The Labute approximate surface area is 52.1 Å². The maximum Gasteiger partial charge on any atom is -0.0158 e. The van der Waals surface area contributed by atoms with Gasteiger partial charge in [0.1, 0.15) is 0 Å². The molecular weight excluding hydrogens is 310 g/mol. The number of rotatable bonds is 0. The van der Waals surface area contributed by atoms with Crippen molar-refractivity contribution >= 4 is 52.8 Å². The average Bonchev–Trinajstić information content (AvgIpc) is 1.76. The van der Waals surface area contributed by atoms with E-state index in [4.69, 9.17) is 0 Å². The van der Waals surface area contributed by atoms with Crippen LogP contribution in [0.25, 0.3) is 0 Å². The zero-order valence-electron chi connectivity index (χ0n) is 2.32. The van der Waals surface area contributed by atoms with E-state index in [2.05, 4.69) is 14.1 Å². The molecule has 0 aliphatic carbocycles. The first-order valence-electron chi connectivity index (χ1n) is 1.08. The third-order valence-electron chi connectivity index (χ3n) is 0.218. The molecule has 0 bridgehead atoms. The molecule has 1 aliphatic heterocycles. The van der Waals surface area contributed by atoms with Crippen LogP contribution in [0.2, 0.25) is 0 Å². The summed E-state index contributed by atoms with van der Waals surface area (Å²) in [4.78, 5) is 0. The summed E-state index contributed by atoms with van der Waals surface area (Å²) in [6, 6.07) is 0. The van der Waals surface area contributed by atoms with E-state index >= 15 is 0 Å². The van der Waals surface area contributed by atoms with Gasteiger partial charge in [-0.05, 0) is 52.8 Å². The Morgan fingerprint density at radius 3 is 2.00 bits per heavy atom. The van der Waals surface area contributed by atoms with Crippen molar-refractivity contribution in [3.8, 4) is 0 Å². The number of halogens is 2. The Balaban J connectivity index is 2.61. The van der Waals surface area contributed by atoms with Gasteiger partial charge in [-0.2, -0.15) is 0 Å². The predicted molar refractivity (Wildman–Crippen MR) is 47.8 cm³/mol. The van der Waals surface area contributed by atoms with Gasteiger partial charge in [0.05, 0.1) is 0 Å². The highest BCUT2D eigenvalue weighted by molar-refractivity contribution is 14.4. The van der Waals surface area contributed by atoms with Crippen molar-refractivity contribution in [2.24, 2.45) is 0 Å². The molecule has 0 saturated carbocycles. The van der Waals surface area contributed by atoms with Crippen LogP contribution < -0.4 is 0 Å². The molecule has 0 spiro atoms. The lowest BCUT2D eigenvalue weighted by Gasteiger charge is -1.55. The molecule has 0 unspecified atom stereocenters. The zero-order valence-corrected chi connectivity index (χ0v) is 7.45. The van der Waals surface area contributed by atoms with Gasteiger partial charge in [-0.3, -0.25) is 0 Å². The fourth-order valence-corrected chi connectivity index (χ4v) is 13.1. The van der Waals surface area contributed by atoms with Gasteiger partial charge in [0.25, 0.3) is 0 Å². The summed E-state index contributed by atoms with van der Waals surface area (Å²) in [7, 11) is 0. The van der Waals surface area contributed by atoms with E-state index in [-0.39, 0.29) is 0 Å². The van der Waals surface area contributed by atoms with Crippen molar-refractivity contribution in [3.05, 3.63) is 0 Å². The predicted octanol–water partition coefficient (Wildman–Crippen LogP) is 2.11. The van der Waals surface area contributed by atoms with E-state index in [1.54, 1.807) is 0 Å². The van der Waals surface area contributed by atoms with Crippen LogP contribution >= 0.6 is 44.8 Å². The second-order valence-corrected chi connectivity index (χ2v) is 13.1. The Bertz CT molecular complexity index is 65.7. The fraction of sp³-hybridized carbons (Fsp3) is 0. The molecule has 0 aromatic rings. The zero-order chi connectivity index (χ0) is 3.54. The molecule has 1 heterocycles. The summed E-state index contributed by atoms with van der Waals surface area (Å²) in [6.45, 7) is 0. The van der Waals surface area contributed by atoms with Crippen LogP contribution in [0.4, 0.5) is 0 Å². The monoisotopic (exact) mass is 312 g/mol. The van der Waals surface area contributed by atoms with Crippen molar-refractivity contribution in [1.82, 2.24) is 0 Å². The summed E-state index contributed by atoms with van der Waals surface area (Å²) >= 11 is 1.05. The molecule has 5 heavy (non-hydrogen) atoms. The largest absolute Gasteiger partial charge is 0.0398 e. The van der Waals surface area contributed by atoms with Gasteiger partial charge in [-0.15, -0.1) is 0 Å². The van der Waals surface area contributed by atoms with E-state index in [0.717, 1.165) is 0 Å². The van der Waals surface area contributed by atoms with Crippen molar-refractivity contribution < 1.29 is 0 Å². The van der Waals surface area contributed by atoms with Crippen LogP contribution in [0.15, 0.2) is 0 Å². The van der Waals surface area contributed by atoms with Gasteiger partial charge >= 0.3 is 0 Å². The number of hydrogen-bond acceptors (Lipinski definition) is 1. The third kappa shape index (κ3) is 1.63.